The molecule has 5 nitrogen and oxygen atoms in total. The van der Waals surface area contributed by atoms with Gasteiger partial charge < -0.3 is 10.1 Å². The Bertz CT molecular complexity index is 688. The molecule has 23 heavy (non-hydrogen) atoms. The molecule has 0 unspecified atom stereocenters. The van der Waals surface area contributed by atoms with Crippen LogP contribution in [-0.2, 0) is 14.3 Å². The van der Waals surface area contributed by atoms with E-state index in [4.69, 9.17) is 4.74 Å². The molecule has 122 valence electrons. The van der Waals surface area contributed by atoms with Crippen molar-refractivity contribution in [3.05, 3.63) is 35.3 Å². The molecular weight excluding hydrogens is 312 g/mol. The summed E-state index contributed by atoms with van der Waals surface area (Å²) >= 11 is 1.49. The number of nitrogens with one attached hydrogen (secondary N) is 1. The van der Waals surface area contributed by atoms with Crippen LogP contribution in [-0.4, -0.2) is 29.5 Å². The fourth-order valence-electron chi connectivity index (χ4n) is 1.75. The van der Waals surface area contributed by atoms with Crippen LogP contribution in [0, 0.1) is 5.92 Å². The fraction of sp³-hybridized carbons (Fsp3) is 0.353. The first kappa shape index (κ1) is 17.1. The van der Waals surface area contributed by atoms with E-state index < -0.39 is 5.97 Å². The second-order valence-electron chi connectivity index (χ2n) is 5.56. The number of carbonyl (C=O) groups excluding carboxylic acids is 2. The van der Waals surface area contributed by atoms with Gasteiger partial charge in [0, 0.05) is 12.1 Å². The second kappa shape index (κ2) is 7.87. The van der Waals surface area contributed by atoms with E-state index in [1.54, 1.807) is 6.08 Å². The molecule has 1 amide bonds. The molecule has 0 aliphatic carbocycles. The van der Waals surface area contributed by atoms with Crippen molar-refractivity contribution in [1.82, 2.24) is 10.3 Å². The number of amides is 1. The van der Waals surface area contributed by atoms with Gasteiger partial charge in [-0.05, 0) is 31.1 Å². The molecule has 1 heterocycles. The number of para-hydroxylation sites is 1. The van der Waals surface area contributed by atoms with E-state index in [1.165, 1.54) is 17.4 Å². The van der Waals surface area contributed by atoms with E-state index in [1.807, 2.05) is 45.0 Å². The second-order valence-corrected chi connectivity index (χ2v) is 6.62. The molecule has 6 heteroatoms. The zero-order valence-electron chi connectivity index (χ0n) is 13.4. The summed E-state index contributed by atoms with van der Waals surface area (Å²) in [6, 6.07) is 7.80. The van der Waals surface area contributed by atoms with E-state index in [0.717, 1.165) is 15.2 Å². The SMILES string of the molecule is CC(C)[C@H](C)NC(=O)COC(=O)/C=C/c1nc2ccccc2s1. The monoisotopic (exact) mass is 332 g/mol. The summed E-state index contributed by atoms with van der Waals surface area (Å²) in [5.74, 6) is -0.530. The van der Waals surface area contributed by atoms with Gasteiger partial charge >= 0.3 is 5.97 Å². The quantitative estimate of drug-likeness (QED) is 0.652. The molecule has 0 aliphatic rings. The van der Waals surface area contributed by atoms with Crippen molar-refractivity contribution < 1.29 is 14.3 Å². The molecule has 0 saturated heterocycles. The Morgan fingerprint density at radius 1 is 1.30 bits per heavy atom. The molecule has 0 spiro atoms. The molecule has 2 rings (SSSR count). The average molecular weight is 332 g/mol. The smallest absolute Gasteiger partial charge is 0.331 e. The van der Waals surface area contributed by atoms with Gasteiger partial charge in [0.05, 0.1) is 10.2 Å². The largest absolute Gasteiger partial charge is 0.452 e. The lowest BCUT2D eigenvalue weighted by molar-refractivity contribution is -0.144. The Hall–Kier alpha value is -2.21. The van der Waals surface area contributed by atoms with Gasteiger partial charge in [-0.15, -0.1) is 11.3 Å². The van der Waals surface area contributed by atoms with Crippen LogP contribution in [0.4, 0.5) is 0 Å². The van der Waals surface area contributed by atoms with Crippen molar-refractivity contribution in [2.24, 2.45) is 5.92 Å². The lowest BCUT2D eigenvalue weighted by Crippen LogP contribution is -2.38. The molecule has 0 bridgehead atoms. The number of aromatic nitrogens is 1. The summed E-state index contributed by atoms with van der Waals surface area (Å²) < 4.78 is 5.98. The normalized spacial score (nSPS) is 12.7. The summed E-state index contributed by atoms with van der Waals surface area (Å²) in [5, 5.41) is 3.50. The van der Waals surface area contributed by atoms with Gasteiger partial charge in [-0.1, -0.05) is 26.0 Å². The van der Waals surface area contributed by atoms with E-state index in [9.17, 15) is 9.59 Å². The molecule has 0 aliphatic heterocycles. The number of esters is 1. The number of benzene rings is 1. The maximum atomic E-state index is 11.6. The molecule has 2 aromatic rings. The van der Waals surface area contributed by atoms with Gasteiger partial charge in [-0.2, -0.15) is 0 Å². The van der Waals surface area contributed by atoms with E-state index >= 15 is 0 Å². The van der Waals surface area contributed by atoms with Crippen LogP contribution in [0.25, 0.3) is 16.3 Å². The Morgan fingerprint density at radius 2 is 2.04 bits per heavy atom. The Labute approximate surface area is 139 Å². The van der Waals surface area contributed by atoms with Gasteiger partial charge in [-0.3, -0.25) is 4.79 Å². The number of carbonyl (C=O) groups is 2. The summed E-state index contributed by atoms with van der Waals surface area (Å²) in [6.45, 7) is 5.66. The van der Waals surface area contributed by atoms with Crippen LogP contribution in [0.15, 0.2) is 30.3 Å². The van der Waals surface area contributed by atoms with Gasteiger partial charge in [0.15, 0.2) is 6.61 Å². The third-order valence-electron chi connectivity index (χ3n) is 3.41. The first-order valence-electron chi connectivity index (χ1n) is 7.45. The van der Waals surface area contributed by atoms with Crippen molar-refractivity contribution >= 4 is 39.5 Å². The molecule has 0 radical (unpaired) electrons. The highest BCUT2D eigenvalue weighted by Gasteiger charge is 2.11. The maximum absolute atomic E-state index is 11.6. The Balaban J connectivity index is 1.83. The summed E-state index contributed by atoms with van der Waals surface area (Å²) in [4.78, 5) is 27.7. The number of rotatable bonds is 6. The van der Waals surface area contributed by atoms with E-state index in [0.29, 0.717) is 5.92 Å². The highest BCUT2D eigenvalue weighted by molar-refractivity contribution is 7.19. The van der Waals surface area contributed by atoms with Gasteiger partial charge in [0.1, 0.15) is 5.01 Å². The third-order valence-corrected chi connectivity index (χ3v) is 4.41. The van der Waals surface area contributed by atoms with Crippen molar-refractivity contribution in [1.29, 1.82) is 0 Å². The number of hydrogen-bond acceptors (Lipinski definition) is 5. The zero-order valence-corrected chi connectivity index (χ0v) is 14.2. The molecule has 0 fully saturated rings. The molecular formula is C17H20N2O3S. The van der Waals surface area contributed by atoms with Crippen LogP contribution in [0.3, 0.4) is 0 Å². The molecule has 0 saturated carbocycles. The van der Waals surface area contributed by atoms with Crippen LogP contribution in [0.1, 0.15) is 25.8 Å². The molecule has 1 aromatic heterocycles. The fourth-order valence-corrected chi connectivity index (χ4v) is 2.62. The topological polar surface area (TPSA) is 68.3 Å². The number of nitrogens with zero attached hydrogens (tertiary/aromatic N) is 1. The molecule has 1 N–H and O–H groups in total. The van der Waals surface area contributed by atoms with Crippen LogP contribution >= 0.6 is 11.3 Å². The van der Waals surface area contributed by atoms with Gasteiger partial charge in [0.25, 0.3) is 5.91 Å². The summed E-state index contributed by atoms with van der Waals surface area (Å²) in [5.41, 5.74) is 0.896. The van der Waals surface area contributed by atoms with Crippen LogP contribution < -0.4 is 5.32 Å². The predicted molar refractivity (Wildman–Crippen MR) is 92.1 cm³/mol. The highest BCUT2D eigenvalue weighted by atomic mass is 32.1. The Kier molecular flexibility index (Phi) is 5.87. The number of thiazole rings is 1. The van der Waals surface area contributed by atoms with Crippen molar-refractivity contribution in [3.8, 4) is 0 Å². The van der Waals surface area contributed by atoms with Crippen LogP contribution in [0.2, 0.25) is 0 Å². The Morgan fingerprint density at radius 3 is 2.74 bits per heavy atom. The van der Waals surface area contributed by atoms with Crippen molar-refractivity contribution in [3.63, 3.8) is 0 Å². The maximum Gasteiger partial charge on any atom is 0.331 e. The number of hydrogen-bond donors (Lipinski definition) is 1. The first-order chi connectivity index (χ1) is 11.0. The summed E-state index contributed by atoms with van der Waals surface area (Å²) in [7, 11) is 0. The lowest BCUT2D eigenvalue weighted by Gasteiger charge is -2.16. The van der Waals surface area contributed by atoms with E-state index in [-0.39, 0.29) is 18.6 Å². The highest BCUT2D eigenvalue weighted by Crippen LogP contribution is 2.22. The standard InChI is InChI=1S/C17H20N2O3S/c1-11(2)12(3)18-15(20)10-22-17(21)9-8-16-19-13-6-4-5-7-14(13)23-16/h4-9,11-12H,10H2,1-3H3,(H,18,20)/b9-8+/t12-/m0/s1. The van der Waals surface area contributed by atoms with Crippen molar-refractivity contribution in [2.45, 2.75) is 26.8 Å². The van der Waals surface area contributed by atoms with Gasteiger partial charge in [0.2, 0.25) is 0 Å². The minimum Gasteiger partial charge on any atom is -0.452 e. The lowest BCUT2D eigenvalue weighted by atomic mass is 10.1. The minimum absolute atomic E-state index is 0.0412. The zero-order chi connectivity index (χ0) is 16.8. The molecule has 1 aromatic carbocycles. The minimum atomic E-state index is -0.559. The van der Waals surface area contributed by atoms with E-state index in [2.05, 4.69) is 10.3 Å². The van der Waals surface area contributed by atoms with Crippen LogP contribution in [0.5, 0.6) is 0 Å². The molecule has 1 atom stereocenters. The number of fused-ring (bicyclic) bond motifs is 1. The third kappa shape index (κ3) is 5.17. The summed E-state index contributed by atoms with van der Waals surface area (Å²) in [6.07, 6.45) is 2.89. The first-order valence-corrected chi connectivity index (χ1v) is 8.27. The van der Waals surface area contributed by atoms with Gasteiger partial charge in [-0.25, -0.2) is 9.78 Å². The number of ether oxygens (including phenoxy) is 1. The predicted octanol–water partition coefficient (Wildman–Crippen LogP) is 3.01. The van der Waals surface area contributed by atoms with Crippen molar-refractivity contribution in [2.75, 3.05) is 6.61 Å². The average Bonchev–Trinajstić information content (AvgIpc) is 2.93.